The second-order valence-electron chi connectivity index (χ2n) is 13.1. The van der Waals surface area contributed by atoms with Gasteiger partial charge in [0, 0.05) is 18.5 Å². The SMILES string of the molecule is Cc1ccc(CN(C(=O)CN(c2ccc(C)cc2C)S(=O)(=O)c2ccc(C)cc2)[C@H](Cc2ccccc2)C(=O)NC(C)(C)C)cc1. The molecule has 2 amide bonds. The number of nitrogens with zero attached hydrogens (tertiary/aromatic N) is 2. The van der Waals surface area contributed by atoms with Gasteiger partial charge in [0.2, 0.25) is 11.8 Å². The summed E-state index contributed by atoms with van der Waals surface area (Å²) in [4.78, 5) is 30.3. The predicted octanol–water partition coefficient (Wildman–Crippen LogP) is 6.67. The molecule has 0 saturated heterocycles. The van der Waals surface area contributed by atoms with Gasteiger partial charge in [0.15, 0.2) is 0 Å². The summed E-state index contributed by atoms with van der Waals surface area (Å²) in [6.45, 7) is 13.0. The first kappa shape index (κ1) is 34.4. The molecule has 0 fully saturated rings. The molecule has 0 aliphatic rings. The van der Waals surface area contributed by atoms with Crippen molar-refractivity contribution >= 4 is 27.5 Å². The van der Waals surface area contributed by atoms with Crippen LogP contribution in [0, 0.1) is 27.7 Å². The zero-order valence-electron chi connectivity index (χ0n) is 27.9. The fraction of sp³-hybridized carbons (Fsp3) is 0.316. The van der Waals surface area contributed by atoms with Crippen molar-refractivity contribution in [1.82, 2.24) is 10.2 Å². The molecule has 242 valence electrons. The molecule has 7 nitrogen and oxygen atoms in total. The van der Waals surface area contributed by atoms with Gasteiger partial charge in [-0.15, -0.1) is 0 Å². The first-order valence-corrected chi connectivity index (χ1v) is 17.0. The number of hydrogen-bond acceptors (Lipinski definition) is 4. The van der Waals surface area contributed by atoms with E-state index in [1.54, 1.807) is 30.3 Å². The second-order valence-corrected chi connectivity index (χ2v) is 14.9. The van der Waals surface area contributed by atoms with Gasteiger partial charge in [-0.2, -0.15) is 0 Å². The maximum Gasteiger partial charge on any atom is 0.264 e. The summed E-state index contributed by atoms with van der Waals surface area (Å²) in [7, 11) is -4.16. The Morgan fingerprint density at radius 1 is 0.739 bits per heavy atom. The summed E-state index contributed by atoms with van der Waals surface area (Å²) >= 11 is 0. The van der Waals surface area contributed by atoms with E-state index in [9.17, 15) is 18.0 Å². The van der Waals surface area contributed by atoms with Crippen molar-refractivity contribution in [2.45, 2.75) is 77.9 Å². The van der Waals surface area contributed by atoms with E-state index in [0.717, 1.165) is 33.4 Å². The standard InChI is InChI=1S/C38H45N3O4S/c1-27-13-18-32(19-14-27)25-40(35(37(43)39-38(5,6)7)24-31-11-9-8-10-12-31)36(42)26-41(34-22-17-29(3)23-30(34)4)46(44,45)33-20-15-28(2)16-21-33/h8-23,35H,24-26H2,1-7H3,(H,39,43)/t35-/m1/s1. The zero-order valence-corrected chi connectivity index (χ0v) is 28.7. The molecule has 0 bridgehead atoms. The monoisotopic (exact) mass is 639 g/mol. The molecule has 0 spiro atoms. The molecule has 0 saturated carbocycles. The molecule has 4 aromatic carbocycles. The molecule has 1 atom stereocenters. The third kappa shape index (κ3) is 8.85. The molecule has 0 aliphatic carbocycles. The lowest BCUT2D eigenvalue weighted by atomic mass is 10.0. The number of benzene rings is 4. The number of aryl methyl sites for hydroxylation is 4. The lowest BCUT2D eigenvalue weighted by Gasteiger charge is -2.35. The minimum atomic E-state index is -4.16. The van der Waals surface area contributed by atoms with E-state index < -0.39 is 34.1 Å². The number of amides is 2. The van der Waals surface area contributed by atoms with Crippen molar-refractivity contribution in [3.63, 3.8) is 0 Å². The number of rotatable bonds is 11. The lowest BCUT2D eigenvalue weighted by Crippen LogP contribution is -2.56. The van der Waals surface area contributed by atoms with E-state index in [4.69, 9.17) is 0 Å². The molecule has 0 unspecified atom stereocenters. The minimum absolute atomic E-state index is 0.0854. The van der Waals surface area contributed by atoms with Crippen molar-refractivity contribution < 1.29 is 18.0 Å². The zero-order chi connectivity index (χ0) is 33.6. The van der Waals surface area contributed by atoms with Crippen molar-refractivity contribution in [3.8, 4) is 0 Å². The van der Waals surface area contributed by atoms with Gasteiger partial charge >= 0.3 is 0 Å². The van der Waals surface area contributed by atoms with Crippen LogP contribution in [0.15, 0.2) is 102 Å². The van der Waals surface area contributed by atoms with Crippen LogP contribution in [0.3, 0.4) is 0 Å². The molecule has 4 rings (SSSR count). The molecule has 4 aromatic rings. The Labute approximate surface area is 274 Å². The largest absolute Gasteiger partial charge is 0.350 e. The van der Waals surface area contributed by atoms with Crippen molar-refractivity contribution in [1.29, 1.82) is 0 Å². The molecule has 46 heavy (non-hydrogen) atoms. The van der Waals surface area contributed by atoms with E-state index >= 15 is 0 Å². The number of sulfonamides is 1. The third-order valence-corrected chi connectivity index (χ3v) is 9.53. The van der Waals surface area contributed by atoms with E-state index in [1.165, 1.54) is 9.21 Å². The van der Waals surface area contributed by atoms with Crippen LogP contribution in [-0.2, 0) is 32.6 Å². The van der Waals surface area contributed by atoms with Crippen LogP contribution < -0.4 is 9.62 Å². The van der Waals surface area contributed by atoms with E-state index in [2.05, 4.69) is 5.32 Å². The predicted molar refractivity (Wildman–Crippen MR) is 185 cm³/mol. The van der Waals surface area contributed by atoms with Gasteiger partial charge in [-0.3, -0.25) is 13.9 Å². The van der Waals surface area contributed by atoms with E-state index in [0.29, 0.717) is 5.69 Å². The molecule has 8 heteroatoms. The molecule has 1 N–H and O–H groups in total. The number of anilines is 1. The lowest BCUT2D eigenvalue weighted by molar-refractivity contribution is -0.140. The highest BCUT2D eigenvalue weighted by Gasteiger charge is 2.36. The summed E-state index contributed by atoms with van der Waals surface area (Å²) in [5.41, 5.74) is 5.27. The van der Waals surface area contributed by atoms with Crippen LogP contribution in [0.25, 0.3) is 0 Å². The average Bonchev–Trinajstić information content (AvgIpc) is 2.98. The van der Waals surface area contributed by atoms with Crippen LogP contribution in [0.4, 0.5) is 5.69 Å². The van der Waals surface area contributed by atoms with Gasteiger partial charge in [-0.1, -0.05) is 95.6 Å². The Bertz CT molecular complexity index is 1760. The summed E-state index contributed by atoms with van der Waals surface area (Å²) in [5.74, 6) is -0.794. The number of nitrogens with one attached hydrogen (secondary N) is 1. The molecular weight excluding hydrogens is 595 g/mol. The molecule has 0 aliphatic heterocycles. The Morgan fingerprint density at radius 2 is 1.30 bits per heavy atom. The molecule has 0 radical (unpaired) electrons. The van der Waals surface area contributed by atoms with Gasteiger partial charge in [-0.25, -0.2) is 8.42 Å². The van der Waals surface area contributed by atoms with Crippen LogP contribution in [0.2, 0.25) is 0 Å². The van der Waals surface area contributed by atoms with Gasteiger partial charge in [-0.05, 0) is 83.4 Å². The van der Waals surface area contributed by atoms with Crippen molar-refractivity contribution in [3.05, 3.63) is 130 Å². The first-order valence-electron chi connectivity index (χ1n) is 15.5. The summed E-state index contributed by atoms with van der Waals surface area (Å²) < 4.78 is 29.8. The van der Waals surface area contributed by atoms with Gasteiger partial charge in [0.05, 0.1) is 10.6 Å². The Kier molecular flexibility index (Phi) is 10.7. The Hall–Kier alpha value is -4.43. The summed E-state index contributed by atoms with van der Waals surface area (Å²) in [6.07, 6.45) is 0.259. The molecule has 0 heterocycles. The summed E-state index contributed by atoms with van der Waals surface area (Å²) in [6, 6.07) is 28.5. The quantitative estimate of drug-likeness (QED) is 0.199. The number of carbonyl (C=O) groups is 2. The maximum absolute atomic E-state index is 14.7. The maximum atomic E-state index is 14.7. The number of hydrogen-bond donors (Lipinski definition) is 1. The fourth-order valence-corrected chi connectivity index (χ4v) is 6.81. The fourth-order valence-electron chi connectivity index (χ4n) is 5.33. The van der Waals surface area contributed by atoms with Crippen LogP contribution >= 0.6 is 0 Å². The highest BCUT2D eigenvalue weighted by molar-refractivity contribution is 7.92. The molecular formula is C38H45N3O4S. The second kappa shape index (κ2) is 14.3. The highest BCUT2D eigenvalue weighted by Crippen LogP contribution is 2.29. The Morgan fingerprint density at radius 3 is 1.87 bits per heavy atom. The smallest absolute Gasteiger partial charge is 0.264 e. The van der Waals surface area contributed by atoms with Gasteiger partial charge in [0.1, 0.15) is 12.6 Å². The molecule has 0 aromatic heterocycles. The summed E-state index contributed by atoms with van der Waals surface area (Å²) in [5, 5.41) is 3.07. The minimum Gasteiger partial charge on any atom is -0.350 e. The van der Waals surface area contributed by atoms with E-state index in [-0.39, 0.29) is 23.8 Å². The van der Waals surface area contributed by atoms with Crippen molar-refractivity contribution in [2.75, 3.05) is 10.8 Å². The Balaban J connectivity index is 1.84. The van der Waals surface area contributed by atoms with Crippen LogP contribution in [-0.4, -0.2) is 43.3 Å². The van der Waals surface area contributed by atoms with Gasteiger partial charge in [0.25, 0.3) is 10.0 Å². The van der Waals surface area contributed by atoms with Crippen molar-refractivity contribution in [2.24, 2.45) is 0 Å². The average molecular weight is 640 g/mol. The topological polar surface area (TPSA) is 86.8 Å². The first-order chi connectivity index (χ1) is 21.6. The van der Waals surface area contributed by atoms with Crippen LogP contribution in [0.5, 0.6) is 0 Å². The van der Waals surface area contributed by atoms with Crippen LogP contribution in [0.1, 0.15) is 54.2 Å². The van der Waals surface area contributed by atoms with E-state index in [1.807, 2.05) is 115 Å². The third-order valence-electron chi connectivity index (χ3n) is 7.75. The number of carbonyl (C=O) groups excluding carboxylic acids is 2. The normalized spacial score (nSPS) is 12.3. The highest BCUT2D eigenvalue weighted by atomic mass is 32.2. The van der Waals surface area contributed by atoms with Gasteiger partial charge < -0.3 is 10.2 Å².